The predicted octanol–water partition coefficient (Wildman–Crippen LogP) is 4.81. The molecule has 0 radical (unpaired) electrons. The van der Waals surface area contributed by atoms with Crippen LogP contribution in [-0.2, 0) is 10.0 Å². The highest BCUT2D eigenvalue weighted by Gasteiger charge is 2.22. The molecule has 0 fully saturated rings. The highest BCUT2D eigenvalue weighted by Crippen LogP contribution is 2.35. The summed E-state index contributed by atoms with van der Waals surface area (Å²) in [7, 11) is -1.14. The number of rotatable bonds is 8. The van der Waals surface area contributed by atoms with Crippen molar-refractivity contribution in [3.8, 4) is 11.5 Å². The Morgan fingerprint density at radius 1 is 0.935 bits per heavy atom. The van der Waals surface area contributed by atoms with Crippen molar-refractivity contribution in [2.75, 3.05) is 24.3 Å². The third-order valence-corrected chi connectivity index (χ3v) is 5.95. The van der Waals surface area contributed by atoms with E-state index in [1.54, 1.807) is 30.3 Å². The standard InChI is InChI=1S/C20H18ClN3O6S/c1-29-19-10-7-13(11-20(19)30-2)22-17-9-8-14(12-18(17)24(25)26)31(27,28)23-16-6-4-3-5-15(16)21/h3-12,22-23H,1-2H3. The van der Waals surface area contributed by atoms with Crippen LogP contribution in [0.5, 0.6) is 11.5 Å². The van der Waals surface area contributed by atoms with Crippen molar-refractivity contribution in [1.82, 2.24) is 0 Å². The number of hydrogen-bond acceptors (Lipinski definition) is 7. The fraction of sp³-hybridized carbons (Fsp3) is 0.100. The molecule has 3 aromatic rings. The second-order valence-electron chi connectivity index (χ2n) is 6.22. The molecule has 31 heavy (non-hydrogen) atoms. The van der Waals surface area contributed by atoms with E-state index in [0.29, 0.717) is 17.2 Å². The van der Waals surface area contributed by atoms with E-state index in [1.807, 2.05) is 0 Å². The van der Waals surface area contributed by atoms with Gasteiger partial charge < -0.3 is 14.8 Å². The number of halogens is 1. The highest BCUT2D eigenvalue weighted by molar-refractivity contribution is 7.92. The molecule has 0 bridgehead atoms. The number of sulfonamides is 1. The van der Waals surface area contributed by atoms with E-state index >= 15 is 0 Å². The lowest BCUT2D eigenvalue weighted by molar-refractivity contribution is -0.384. The van der Waals surface area contributed by atoms with E-state index in [9.17, 15) is 18.5 Å². The number of nitrogens with one attached hydrogen (secondary N) is 2. The summed E-state index contributed by atoms with van der Waals surface area (Å²) >= 11 is 6.00. The molecule has 0 aliphatic heterocycles. The number of ether oxygens (including phenoxy) is 2. The third-order valence-electron chi connectivity index (χ3n) is 4.26. The van der Waals surface area contributed by atoms with E-state index in [2.05, 4.69) is 10.0 Å². The Morgan fingerprint density at radius 3 is 2.29 bits per heavy atom. The van der Waals surface area contributed by atoms with E-state index in [4.69, 9.17) is 21.1 Å². The second kappa shape index (κ2) is 9.11. The van der Waals surface area contributed by atoms with Crippen molar-refractivity contribution in [1.29, 1.82) is 0 Å². The Bertz CT molecular complexity index is 1230. The topological polar surface area (TPSA) is 120 Å². The summed E-state index contributed by atoms with van der Waals surface area (Å²) in [6, 6.07) is 14.7. The summed E-state index contributed by atoms with van der Waals surface area (Å²) in [6.07, 6.45) is 0. The molecule has 0 unspecified atom stereocenters. The number of hydrogen-bond donors (Lipinski definition) is 2. The maximum Gasteiger partial charge on any atom is 0.294 e. The summed E-state index contributed by atoms with van der Waals surface area (Å²) in [4.78, 5) is 10.7. The first-order valence-corrected chi connectivity index (χ1v) is 10.7. The molecular formula is C20H18ClN3O6S. The van der Waals surface area contributed by atoms with Crippen molar-refractivity contribution in [2.45, 2.75) is 4.90 Å². The van der Waals surface area contributed by atoms with Crippen molar-refractivity contribution in [3.05, 3.63) is 75.8 Å². The quantitative estimate of drug-likeness (QED) is 0.363. The Hall–Kier alpha value is -3.50. The van der Waals surface area contributed by atoms with Crippen LogP contribution in [0.2, 0.25) is 5.02 Å². The van der Waals surface area contributed by atoms with Crippen molar-refractivity contribution in [3.63, 3.8) is 0 Å². The molecule has 3 rings (SSSR count). The van der Waals surface area contributed by atoms with Gasteiger partial charge in [-0.15, -0.1) is 0 Å². The largest absolute Gasteiger partial charge is 0.493 e. The zero-order valence-corrected chi connectivity index (χ0v) is 18.0. The van der Waals surface area contributed by atoms with Gasteiger partial charge in [0.2, 0.25) is 0 Å². The van der Waals surface area contributed by atoms with E-state index in [0.717, 1.165) is 6.07 Å². The van der Waals surface area contributed by atoms with Gasteiger partial charge in [0.05, 0.1) is 34.7 Å². The van der Waals surface area contributed by atoms with Gasteiger partial charge in [-0.05, 0) is 36.4 Å². The minimum Gasteiger partial charge on any atom is -0.493 e. The molecule has 162 valence electrons. The Morgan fingerprint density at radius 2 is 1.65 bits per heavy atom. The molecule has 2 N–H and O–H groups in total. The van der Waals surface area contributed by atoms with Gasteiger partial charge in [0, 0.05) is 17.8 Å². The Kier molecular flexibility index (Phi) is 6.52. The van der Waals surface area contributed by atoms with Gasteiger partial charge in [-0.2, -0.15) is 0 Å². The first-order chi connectivity index (χ1) is 14.7. The van der Waals surface area contributed by atoms with Crippen molar-refractivity contribution < 1.29 is 22.8 Å². The van der Waals surface area contributed by atoms with Gasteiger partial charge in [0.25, 0.3) is 15.7 Å². The molecule has 0 saturated heterocycles. The van der Waals surface area contributed by atoms with Gasteiger partial charge in [-0.25, -0.2) is 8.42 Å². The SMILES string of the molecule is COc1ccc(Nc2ccc(S(=O)(=O)Nc3ccccc3Cl)cc2[N+](=O)[O-])cc1OC. The number of nitro benzene ring substituents is 1. The summed E-state index contributed by atoms with van der Waals surface area (Å²) < 4.78 is 38.1. The summed E-state index contributed by atoms with van der Waals surface area (Å²) in [5.74, 6) is 0.924. The normalized spacial score (nSPS) is 10.9. The maximum absolute atomic E-state index is 12.7. The molecule has 0 amide bonds. The molecule has 0 aliphatic rings. The van der Waals surface area contributed by atoms with Crippen LogP contribution in [0, 0.1) is 10.1 Å². The number of para-hydroxylation sites is 1. The van der Waals surface area contributed by atoms with E-state index in [-0.39, 0.29) is 21.3 Å². The van der Waals surface area contributed by atoms with Gasteiger partial charge in [0.15, 0.2) is 11.5 Å². The average molecular weight is 464 g/mol. The molecule has 9 nitrogen and oxygen atoms in total. The van der Waals surface area contributed by atoms with Gasteiger partial charge in [-0.1, -0.05) is 23.7 Å². The molecular weight excluding hydrogens is 446 g/mol. The molecule has 3 aromatic carbocycles. The maximum atomic E-state index is 12.7. The second-order valence-corrected chi connectivity index (χ2v) is 8.31. The highest BCUT2D eigenvalue weighted by atomic mass is 35.5. The van der Waals surface area contributed by atoms with Crippen LogP contribution in [0.4, 0.5) is 22.7 Å². The third kappa shape index (κ3) is 4.98. The summed E-state index contributed by atoms with van der Waals surface area (Å²) in [5.41, 5.74) is 0.343. The molecule has 0 heterocycles. The molecule has 0 saturated carbocycles. The zero-order valence-electron chi connectivity index (χ0n) is 16.5. The van der Waals surface area contributed by atoms with Crippen LogP contribution in [-0.4, -0.2) is 27.6 Å². The number of benzene rings is 3. The zero-order chi connectivity index (χ0) is 22.6. The Labute approximate surface area is 183 Å². The van der Waals surface area contributed by atoms with Crippen molar-refractivity contribution in [2.24, 2.45) is 0 Å². The fourth-order valence-electron chi connectivity index (χ4n) is 2.75. The summed E-state index contributed by atoms with van der Waals surface area (Å²) in [5, 5.41) is 14.7. The first kappa shape index (κ1) is 22.2. The van der Waals surface area contributed by atoms with Crippen LogP contribution in [0.3, 0.4) is 0 Å². The average Bonchev–Trinajstić information content (AvgIpc) is 2.75. The van der Waals surface area contributed by atoms with Crippen LogP contribution in [0.25, 0.3) is 0 Å². The molecule has 11 heteroatoms. The monoisotopic (exact) mass is 463 g/mol. The summed E-state index contributed by atoms with van der Waals surface area (Å²) in [6.45, 7) is 0. The van der Waals surface area contributed by atoms with Crippen LogP contribution >= 0.6 is 11.6 Å². The number of anilines is 3. The van der Waals surface area contributed by atoms with Gasteiger partial charge in [-0.3, -0.25) is 14.8 Å². The minimum atomic E-state index is -4.10. The molecule has 0 aliphatic carbocycles. The first-order valence-electron chi connectivity index (χ1n) is 8.80. The predicted molar refractivity (Wildman–Crippen MR) is 118 cm³/mol. The lowest BCUT2D eigenvalue weighted by atomic mass is 10.2. The Balaban J connectivity index is 1.95. The van der Waals surface area contributed by atoms with E-state index < -0.39 is 20.6 Å². The fourth-order valence-corrected chi connectivity index (χ4v) is 4.09. The smallest absolute Gasteiger partial charge is 0.294 e. The number of methoxy groups -OCH3 is 2. The molecule has 0 aromatic heterocycles. The molecule has 0 atom stereocenters. The van der Waals surface area contributed by atoms with Crippen LogP contribution < -0.4 is 19.5 Å². The van der Waals surface area contributed by atoms with E-state index in [1.165, 1.54) is 38.5 Å². The number of nitrogens with zero attached hydrogens (tertiary/aromatic N) is 1. The van der Waals surface area contributed by atoms with Crippen LogP contribution in [0.1, 0.15) is 0 Å². The van der Waals surface area contributed by atoms with Crippen molar-refractivity contribution >= 4 is 44.4 Å². The minimum absolute atomic E-state index is 0.105. The lowest BCUT2D eigenvalue weighted by Crippen LogP contribution is -2.13. The molecule has 0 spiro atoms. The van der Waals surface area contributed by atoms with Gasteiger partial charge in [0.1, 0.15) is 5.69 Å². The number of nitro groups is 1. The van der Waals surface area contributed by atoms with Gasteiger partial charge >= 0.3 is 0 Å². The lowest BCUT2D eigenvalue weighted by Gasteiger charge is -2.13. The van der Waals surface area contributed by atoms with Crippen LogP contribution in [0.15, 0.2) is 65.6 Å².